The van der Waals surface area contributed by atoms with Crippen LogP contribution in [0.5, 0.6) is 0 Å². The van der Waals surface area contributed by atoms with Crippen molar-refractivity contribution in [3.05, 3.63) is 12.2 Å². The van der Waals surface area contributed by atoms with Crippen molar-refractivity contribution >= 4 is 22.8 Å². The fourth-order valence-electron chi connectivity index (χ4n) is 3.12. The van der Waals surface area contributed by atoms with E-state index in [9.17, 15) is 9.59 Å². The molecule has 1 N–H and O–H groups in total. The van der Waals surface area contributed by atoms with Gasteiger partial charge in [0.2, 0.25) is 0 Å². The van der Waals surface area contributed by atoms with Crippen LogP contribution in [0.4, 0.5) is 0 Å². The maximum atomic E-state index is 11.3. The number of aliphatic carboxylic acids is 1. The van der Waals surface area contributed by atoms with Gasteiger partial charge in [-0.2, -0.15) is 0 Å². The predicted molar refractivity (Wildman–Crippen MR) is 78.7 cm³/mol. The van der Waals surface area contributed by atoms with E-state index in [-0.39, 0.29) is 17.6 Å². The van der Waals surface area contributed by atoms with Crippen LogP contribution in [0, 0.1) is 5.92 Å². The summed E-state index contributed by atoms with van der Waals surface area (Å²) in [6.45, 7) is 1.62. The first kappa shape index (κ1) is 15.6. The van der Waals surface area contributed by atoms with E-state index in [1.807, 2.05) is 0 Å². The lowest BCUT2D eigenvalue weighted by Crippen LogP contribution is -2.30. The van der Waals surface area contributed by atoms with Gasteiger partial charge in [0.05, 0.1) is 12.2 Å². The Morgan fingerprint density at radius 2 is 2.05 bits per heavy atom. The first-order chi connectivity index (χ1) is 9.58. The Bertz CT molecular complexity index is 393. The predicted octanol–water partition coefficient (Wildman–Crippen LogP) is 3.01. The molecule has 0 aromatic rings. The molecule has 0 unspecified atom stereocenters. The quantitative estimate of drug-likeness (QED) is 0.578. The van der Waals surface area contributed by atoms with Crippen LogP contribution in [-0.4, -0.2) is 33.6 Å². The van der Waals surface area contributed by atoms with Gasteiger partial charge in [-0.05, 0) is 32.1 Å². The molecule has 2 bridgehead atoms. The Morgan fingerprint density at radius 3 is 2.75 bits per heavy atom. The molecule has 0 amide bonds. The second-order valence-corrected chi connectivity index (χ2v) is 6.88. The molecule has 0 spiro atoms. The Kier molecular flexibility index (Phi) is 5.66. The van der Waals surface area contributed by atoms with E-state index in [0.717, 1.165) is 25.7 Å². The van der Waals surface area contributed by atoms with Crippen molar-refractivity contribution in [3.63, 3.8) is 0 Å². The summed E-state index contributed by atoms with van der Waals surface area (Å²) in [5, 5.41) is 9.03. The summed E-state index contributed by atoms with van der Waals surface area (Å²) in [5.74, 6) is -0.309. The zero-order valence-corrected chi connectivity index (χ0v) is 12.6. The highest BCUT2D eigenvalue weighted by molar-refractivity contribution is 8.14. The van der Waals surface area contributed by atoms with Gasteiger partial charge in [0.15, 0.2) is 5.12 Å². The zero-order valence-electron chi connectivity index (χ0n) is 11.8. The van der Waals surface area contributed by atoms with Gasteiger partial charge in [-0.3, -0.25) is 9.59 Å². The van der Waals surface area contributed by atoms with E-state index in [4.69, 9.17) is 9.84 Å². The van der Waals surface area contributed by atoms with Gasteiger partial charge >= 0.3 is 5.97 Å². The standard InChI is InChI=1S/C15H22O4S/c1-10(16)20-15-11(12-8-9-13(15)19-12)6-4-2-3-5-7-14(17)18/h2,4,11-13,15H,3,5-9H2,1H3,(H,17,18)/t11-,12+,13-,15+/m0/s1. The van der Waals surface area contributed by atoms with Crippen molar-refractivity contribution in [2.24, 2.45) is 5.92 Å². The first-order valence-corrected chi connectivity index (χ1v) is 8.15. The number of ether oxygens (including phenoxy) is 1. The third-order valence-electron chi connectivity index (χ3n) is 3.99. The second kappa shape index (κ2) is 7.27. The summed E-state index contributed by atoms with van der Waals surface area (Å²) in [6.07, 6.45) is 9.58. The minimum Gasteiger partial charge on any atom is -0.481 e. The number of carboxylic acids is 1. The van der Waals surface area contributed by atoms with Gasteiger partial charge < -0.3 is 9.84 Å². The number of allylic oxidation sites excluding steroid dienone is 2. The van der Waals surface area contributed by atoms with Gasteiger partial charge in [-0.25, -0.2) is 0 Å². The highest BCUT2D eigenvalue weighted by Crippen LogP contribution is 2.46. The lowest BCUT2D eigenvalue weighted by atomic mass is 9.86. The average molecular weight is 298 g/mol. The summed E-state index contributed by atoms with van der Waals surface area (Å²) in [7, 11) is 0. The van der Waals surface area contributed by atoms with Crippen LogP contribution in [-0.2, 0) is 14.3 Å². The number of fused-ring (bicyclic) bond motifs is 2. The third kappa shape index (κ3) is 4.09. The molecule has 112 valence electrons. The van der Waals surface area contributed by atoms with Crippen molar-refractivity contribution in [1.29, 1.82) is 0 Å². The molecular formula is C15H22O4S. The number of thioether (sulfide) groups is 1. The molecule has 4 atom stereocenters. The minimum absolute atomic E-state index is 0.168. The molecule has 0 aromatic carbocycles. The fraction of sp³-hybridized carbons (Fsp3) is 0.733. The fourth-order valence-corrected chi connectivity index (χ4v) is 4.31. The van der Waals surface area contributed by atoms with Crippen molar-refractivity contribution in [1.82, 2.24) is 0 Å². The summed E-state index contributed by atoms with van der Waals surface area (Å²) in [6, 6.07) is 0. The Morgan fingerprint density at radius 1 is 1.30 bits per heavy atom. The zero-order chi connectivity index (χ0) is 14.5. The lowest BCUT2D eigenvalue weighted by molar-refractivity contribution is -0.137. The second-order valence-electron chi connectivity index (χ2n) is 5.52. The molecule has 0 aliphatic carbocycles. The van der Waals surface area contributed by atoms with Crippen LogP contribution in [0.1, 0.15) is 45.4 Å². The summed E-state index contributed by atoms with van der Waals surface area (Å²) in [4.78, 5) is 21.7. The van der Waals surface area contributed by atoms with Gasteiger partial charge in [-0.1, -0.05) is 23.9 Å². The normalized spacial score (nSPS) is 32.0. The smallest absolute Gasteiger partial charge is 0.303 e. The molecule has 2 fully saturated rings. The van der Waals surface area contributed by atoms with Gasteiger partial charge in [0, 0.05) is 24.5 Å². The average Bonchev–Trinajstić information content (AvgIpc) is 2.94. The van der Waals surface area contributed by atoms with Crippen molar-refractivity contribution in [3.8, 4) is 0 Å². The summed E-state index contributed by atoms with van der Waals surface area (Å²) in [5.41, 5.74) is 0. The van der Waals surface area contributed by atoms with E-state index < -0.39 is 5.97 Å². The van der Waals surface area contributed by atoms with Crippen LogP contribution in [0.15, 0.2) is 12.2 Å². The van der Waals surface area contributed by atoms with Crippen molar-refractivity contribution < 1.29 is 19.4 Å². The molecule has 2 aliphatic heterocycles. The Balaban J connectivity index is 1.77. The van der Waals surface area contributed by atoms with Crippen LogP contribution < -0.4 is 0 Å². The van der Waals surface area contributed by atoms with Crippen molar-refractivity contribution in [2.75, 3.05) is 0 Å². The largest absolute Gasteiger partial charge is 0.481 e. The minimum atomic E-state index is -0.738. The molecule has 0 saturated carbocycles. The number of hydrogen-bond donors (Lipinski definition) is 1. The number of carbonyl (C=O) groups excluding carboxylic acids is 1. The topological polar surface area (TPSA) is 63.6 Å². The third-order valence-corrected chi connectivity index (χ3v) is 5.25. The Hall–Kier alpha value is -0.810. The molecular weight excluding hydrogens is 276 g/mol. The number of hydrogen-bond acceptors (Lipinski definition) is 4. The molecule has 5 heteroatoms. The van der Waals surface area contributed by atoms with Crippen LogP contribution in [0.25, 0.3) is 0 Å². The maximum absolute atomic E-state index is 11.3. The number of unbranched alkanes of at least 4 members (excludes halogenated alkanes) is 1. The van der Waals surface area contributed by atoms with Crippen LogP contribution >= 0.6 is 11.8 Å². The van der Waals surface area contributed by atoms with E-state index in [1.54, 1.807) is 6.92 Å². The Labute approximate surface area is 124 Å². The van der Waals surface area contributed by atoms with Gasteiger partial charge in [0.1, 0.15) is 0 Å². The van der Waals surface area contributed by atoms with E-state index in [2.05, 4.69) is 12.2 Å². The first-order valence-electron chi connectivity index (χ1n) is 7.27. The number of carboxylic acid groups (broad SMARTS) is 1. The molecule has 0 aromatic heterocycles. The molecule has 2 heterocycles. The molecule has 4 nitrogen and oxygen atoms in total. The molecule has 2 aliphatic rings. The summed E-state index contributed by atoms with van der Waals surface area (Å²) < 4.78 is 5.92. The molecule has 2 rings (SSSR count). The van der Waals surface area contributed by atoms with E-state index in [1.165, 1.54) is 11.8 Å². The SMILES string of the molecule is CC(=O)S[C@@H]1[C@@H](CC=CCCCC(=O)O)[C@H]2CC[C@@H]1O2. The highest BCUT2D eigenvalue weighted by atomic mass is 32.2. The molecule has 20 heavy (non-hydrogen) atoms. The highest BCUT2D eigenvalue weighted by Gasteiger charge is 2.48. The van der Waals surface area contributed by atoms with Crippen molar-refractivity contribution in [2.45, 2.75) is 62.9 Å². The van der Waals surface area contributed by atoms with Crippen LogP contribution in [0.2, 0.25) is 0 Å². The molecule has 2 saturated heterocycles. The lowest BCUT2D eigenvalue weighted by Gasteiger charge is -2.25. The maximum Gasteiger partial charge on any atom is 0.303 e. The van der Waals surface area contributed by atoms with Crippen LogP contribution in [0.3, 0.4) is 0 Å². The number of rotatable bonds is 7. The monoisotopic (exact) mass is 298 g/mol. The summed E-state index contributed by atoms with van der Waals surface area (Å²) >= 11 is 1.43. The van der Waals surface area contributed by atoms with Gasteiger partial charge in [-0.15, -0.1) is 0 Å². The van der Waals surface area contributed by atoms with E-state index in [0.29, 0.717) is 23.7 Å². The number of carbonyl (C=O) groups is 2. The molecule has 0 radical (unpaired) electrons. The van der Waals surface area contributed by atoms with Gasteiger partial charge in [0.25, 0.3) is 0 Å². The van der Waals surface area contributed by atoms with E-state index >= 15 is 0 Å².